The van der Waals surface area contributed by atoms with Crippen LogP contribution in [0.25, 0.3) is 0 Å². The largest absolute Gasteiger partial charge is 0.443 e. The van der Waals surface area contributed by atoms with E-state index in [1.54, 1.807) is 5.01 Å². The normalized spacial score (nSPS) is 27.5. The molecule has 158 valence electrons. The molecule has 3 atom stereocenters. The van der Waals surface area contributed by atoms with Crippen molar-refractivity contribution >= 4 is 12.2 Å². The number of ether oxygens (including phenoxy) is 2. The number of hydrogen-bond acceptors (Lipinski definition) is 6. The molecule has 4 rings (SSSR count). The summed E-state index contributed by atoms with van der Waals surface area (Å²) in [5.74, 6) is -1.30. The second-order valence-corrected chi connectivity index (χ2v) is 7.52. The van der Waals surface area contributed by atoms with Gasteiger partial charge in [-0.3, -0.25) is 0 Å². The van der Waals surface area contributed by atoms with E-state index in [-0.39, 0.29) is 11.5 Å². The van der Waals surface area contributed by atoms with E-state index in [9.17, 15) is 13.6 Å². The molecule has 1 aliphatic heterocycles. The van der Waals surface area contributed by atoms with E-state index < -0.39 is 29.0 Å². The maximum atomic E-state index is 14.5. The van der Waals surface area contributed by atoms with Crippen molar-refractivity contribution in [2.45, 2.75) is 36.6 Å². The summed E-state index contributed by atoms with van der Waals surface area (Å²) in [4.78, 5) is 11.7. The highest BCUT2D eigenvalue weighted by molar-refractivity contribution is 5.95. The van der Waals surface area contributed by atoms with Crippen LogP contribution in [0.4, 0.5) is 8.78 Å². The molecule has 3 unspecified atom stereocenters. The zero-order chi connectivity index (χ0) is 21.4. The van der Waals surface area contributed by atoms with Gasteiger partial charge in [0, 0.05) is 25.5 Å². The Kier molecular flexibility index (Phi) is 5.29. The second kappa shape index (κ2) is 7.77. The highest BCUT2D eigenvalue weighted by Crippen LogP contribution is 2.51. The van der Waals surface area contributed by atoms with Gasteiger partial charge in [-0.25, -0.2) is 13.8 Å². The molecule has 1 fully saturated rings. The van der Waals surface area contributed by atoms with E-state index in [2.05, 4.69) is 5.10 Å². The molecule has 2 aliphatic rings. The van der Waals surface area contributed by atoms with Gasteiger partial charge in [-0.2, -0.15) is 0 Å². The summed E-state index contributed by atoms with van der Waals surface area (Å²) in [7, 11) is 1.46. The molecule has 2 N–H and O–H groups in total. The lowest BCUT2D eigenvalue weighted by atomic mass is 9.96. The first kappa shape index (κ1) is 20.4. The van der Waals surface area contributed by atoms with Crippen molar-refractivity contribution in [3.8, 4) is 0 Å². The molecule has 2 aromatic carbocycles. The molecule has 6 nitrogen and oxygen atoms in total. The molecule has 0 spiro atoms. The van der Waals surface area contributed by atoms with Crippen molar-refractivity contribution in [3.63, 3.8) is 0 Å². The lowest BCUT2D eigenvalue weighted by Crippen LogP contribution is -2.46. The Morgan fingerprint density at radius 1 is 1.30 bits per heavy atom. The molecule has 0 radical (unpaired) electrons. The third-order valence-corrected chi connectivity index (χ3v) is 5.73. The van der Waals surface area contributed by atoms with Crippen molar-refractivity contribution in [2.24, 2.45) is 10.8 Å². The Hall–Kier alpha value is -2.84. The van der Waals surface area contributed by atoms with E-state index >= 15 is 0 Å². The third-order valence-electron chi connectivity index (χ3n) is 5.73. The number of benzene rings is 2. The first-order valence-corrected chi connectivity index (χ1v) is 9.79. The first-order chi connectivity index (χ1) is 14.5. The zero-order valence-electron chi connectivity index (χ0n) is 16.6. The molecule has 8 heteroatoms. The van der Waals surface area contributed by atoms with Gasteiger partial charge in [0.25, 0.3) is 0 Å². The summed E-state index contributed by atoms with van der Waals surface area (Å²) < 4.78 is 40.1. The van der Waals surface area contributed by atoms with Gasteiger partial charge in [0.15, 0.2) is 6.29 Å². The molecule has 0 amide bonds. The van der Waals surface area contributed by atoms with Gasteiger partial charge >= 0.3 is 0 Å². The summed E-state index contributed by atoms with van der Waals surface area (Å²) in [5.41, 5.74) is 4.32. The van der Waals surface area contributed by atoms with Crippen molar-refractivity contribution in [1.82, 2.24) is 5.01 Å². The minimum Gasteiger partial charge on any atom is -0.443 e. The quantitative estimate of drug-likeness (QED) is 0.671. The summed E-state index contributed by atoms with van der Waals surface area (Å²) in [6.45, 7) is 0.406. The van der Waals surface area contributed by atoms with Crippen LogP contribution in [-0.4, -0.2) is 42.5 Å². The minimum atomic E-state index is -1.12. The fraction of sp³-hybridized carbons (Fsp3) is 0.364. The SMILES string of the molecule is COC1(C=O)CC1N1N=C(c2cc(F)ccc2F)OC1(CCCN)c1ccccc1. The molecule has 0 bridgehead atoms. The fourth-order valence-corrected chi connectivity index (χ4v) is 3.97. The smallest absolute Gasteiger partial charge is 0.243 e. The van der Waals surface area contributed by atoms with Gasteiger partial charge in [0.1, 0.15) is 17.2 Å². The minimum absolute atomic E-state index is 0.0457. The summed E-state index contributed by atoms with van der Waals surface area (Å²) >= 11 is 0. The Bertz CT molecular complexity index is 971. The molecule has 1 saturated carbocycles. The Morgan fingerprint density at radius 2 is 2.07 bits per heavy atom. The monoisotopic (exact) mass is 415 g/mol. The van der Waals surface area contributed by atoms with Crippen LogP contribution < -0.4 is 5.73 Å². The number of carbonyl (C=O) groups excluding carboxylic acids is 1. The molecule has 0 aromatic heterocycles. The number of nitrogens with zero attached hydrogens (tertiary/aromatic N) is 2. The summed E-state index contributed by atoms with van der Waals surface area (Å²) in [5, 5.41) is 6.20. The van der Waals surface area contributed by atoms with Gasteiger partial charge < -0.3 is 20.0 Å². The standard InChI is InChI=1S/C22H23F2N3O3/c1-29-21(14-28)13-19(21)27-22(10-5-11-25,15-6-3-2-4-7-15)30-20(26-27)17-12-16(23)8-9-18(17)24/h2-4,6-9,12,14,19H,5,10-11,13,25H2,1H3. The molecule has 0 saturated heterocycles. The fourth-order valence-electron chi connectivity index (χ4n) is 3.97. The topological polar surface area (TPSA) is 77.1 Å². The first-order valence-electron chi connectivity index (χ1n) is 9.79. The van der Waals surface area contributed by atoms with Gasteiger partial charge in [-0.05, 0) is 31.2 Å². The van der Waals surface area contributed by atoms with Crippen LogP contribution in [0.15, 0.2) is 53.6 Å². The van der Waals surface area contributed by atoms with Gasteiger partial charge in [0.2, 0.25) is 11.6 Å². The van der Waals surface area contributed by atoms with Crippen molar-refractivity contribution in [1.29, 1.82) is 0 Å². The van der Waals surface area contributed by atoms with Crippen LogP contribution in [0, 0.1) is 11.6 Å². The number of hydrazone groups is 1. The highest BCUT2D eigenvalue weighted by Gasteiger charge is 2.65. The molecular formula is C22H23F2N3O3. The Labute approximate surface area is 173 Å². The number of carbonyl (C=O) groups is 1. The Morgan fingerprint density at radius 3 is 2.70 bits per heavy atom. The van der Waals surface area contributed by atoms with Crippen molar-refractivity contribution in [2.75, 3.05) is 13.7 Å². The number of methoxy groups -OCH3 is 1. The van der Waals surface area contributed by atoms with E-state index in [1.807, 2.05) is 30.3 Å². The highest BCUT2D eigenvalue weighted by atomic mass is 19.1. The van der Waals surface area contributed by atoms with Crippen LogP contribution >= 0.6 is 0 Å². The summed E-state index contributed by atoms with van der Waals surface area (Å²) in [6.07, 6.45) is 2.20. The number of nitrogens with two attached hydrogens (primary N) is 1. The van der Waals surface area contributed by atoms with Crippen LogP contribution in [0.1, 0.15) is 30.4 Å². The molecule has 30 heavy (non-hydrogen) atoms. The number of aldehydes is 1. The number of hydrogen-bond donors (Lipinski definition) is 1. The van der Waals surface area contributed by atoms with E-state index in [4.69, 9.17) is 15.2 Å². The predicted octanol–water partition coefficient (Wildman–Crippen LogP) is 2.91. The average molecular weight is 415 g/mol. The van der Waals surface area contributed by atoms with Crippen LogP contribution in [0.2, 0.25) is 0 Å². The van der Waals surface area contributed by atoms with Crippen LogP contribution in [0.3, 0.4) is 0 Å². The molecule has 2 aromatic rings. The Balaban J connectivity index is 1.84. The lowest BCUT2D eigenvalue weighted by Gasteiger charge is -2.37. The van der Waals surface area contributed by atoms with Gasteiger partial charge in [-0.15, -0.1) is 5.10 Å². The van der Waals surface area contributed by atoms with Gasteiger partial charge in [0.05, 0.1) is 11.6 Å². The van der Waals surface area contributed by atoms with E-state index in [1.165, 1.54) is 7.11 Å². The molecule has 1 heterocycles. The molecule has 1 aliphatic carbocycles. The summed E-state index contributed by atoms with van der Waals surface area (Å²) in [6, 6.07) is 12.0. The zero-order valence-corrected chi connectivity index (χ0v) is 16.6. The van der Waals surface area contributed by atoms with Gasteiger partial charge in [-0.1, -0.05) is 30.3 Å². The average Bonchev–Trinajstić information content (AvgIpc) is 3.39. The lowest BCUT2D eigenvalue weighted by molar-refractivity contribution is -0.126. The predicted molar refractivity (Wildman–Crippen MR) is 106 cm³/mol. The van der Waals surface area contributed by atoms with Crippen molar-refractivity contribution < 1.29 is 23.0 Å². The number of rotatable bonds is 8. The van der Waals surface area contributed by atoms with Crippen LogP contribution in [-0.2, 0) is 20.0 Å². The molecular weight excluding hydrogens is 392 g/mol. The van der Waals surface area contributed by atoms with Crippen molar-refractivity contribution in [3.05, 3.63) is 71.3 Å². The second-order valence-electron chi connectivity index (χ2n) is 7.52. The maximum absolute atomic E-state index is 14.5. The maximum Gasteiger partial charge on any atom is 0.243 e. The van der Waals surface area contributed by atoms with E-state index in [0.717, 1.165) is 30.0 Å². The third kappa shape index (κ3) is 3.26. The number of halogens is 2. The van der Waals surface area contributed by atoms with E-state index in [0.29, 0.717) is 25.8 Å². The van der Waals surface area contributed by atoms with Crippen LogP contribution in [0.5, 0.6) is 0 Å².